The lowest BCUT2D eigenvalue weighted by atomic mass is 9.83. The minimum absolute atomic E-state index is 0.0167. The number of fused-ring (bicyclic) bond motifs is 4. The zero-order chi connectivity index (χ0) is 35.3. The molecular formula is C38H41F4N3O5. The van der Waals surface area contributed by atoms with Crippen LogP contribution in [-0.2, 0) is 22.2 Å². The number of nitrogens with one attached hydrogen (secondary N) is 2. The molecule has 0 spiro atoms. The van der Waals surface area contributed by atoms with E-state index >= 15 is 0 Å². The molecule has 4 fully saturated rings. The highest BCUT2D eigenvalue weighted by Gasteiger charge is 2.55. The van der Waals surface area contributed by atoms with Gasteiger partial charge in [0.1, 0.15) is 23.3 Å². The molecule has 8 atom stereocenters. The number of carbonyl (C=O) groups excluding carboxylic acids is 2. The smallest absolute Gasteiger partial charge is 0.419 e. The quantitative estimate of drug-likeness (QED) is 0.218. The molecule has 2 bridgehead atoms. The lowest BCUT2D eigenvalue weighted by Gasteiger charge is -2.30. The molecular weight excluding hydrogens is 654 g/mol. The fourth-order valence-corrected chi connectivity index (χ4v) is 9.16. The number of alkyl halides is 3. The summed E-state index contributed by atoms with van der Waals surface area (Å²) in [5.41, 5.74) is 1.63. The minimum atomic E-state index is -4.92. The second kappa shape index (κ2) is 11.8. The average Bonchev–Trinajstić information content (AvgIpc) is 3.32. The summed E-state index contributed by atoms with van der Waals surface area (Å²) in [6.45, 7) is 5.69. The zero-order valence-corrected chi connectivity index (χ0v) is 28.1. The van der Waals surface area contributed by atoms with Crippen LogP contribution in [0, 0.1) is 41.3 Å². The summed E-state index contributed by atoms with van der Waals surface area (Å²) in [6, 6.07) is 5.59. The largest absolute Gasteiger partial charge is 0.486 e. The van der Waals surface area contributed by atoms with E-state index in [1.165, 1.54) is 0 Å². The summed E-state index contributed by atoms with van der Waals surface area (Å²) in [5.74, 6) is -2.38. The van der Waals surface area contributed by atoms with Crippen LogP contribution in [0.1, 0.15) is 86.3 Å². The van der Waals surface area contributed by atoms with Crippen molar-refractivity contribution in [2.45, 2.75) is 95.7 Å². The van der Waals surface area contributed by atoms with Gasteiger partial charge in [-0.2, -0.15) is 13.2 Å². The SMILES string of the molecule is CC(O)C1CC2ON=C(c3cc4c(c(C(=O)N[C@H]5[C@@H](C(=O)Nc6ccc(F)c(C(F)(F)F)c6)[C@H]6CC[C@@H]5/C6=C\C5CC5)c3)OC(C)(C)C4)C2C1. The van der Waals surface area contributed by atoms with E-state index in [-0.39, 0.29) is 35.5 Å². The maximum Gasteiger partial charge on any atom is 0.419 e. The van der Waals surface area contributed by atoms with Crippen molar-refractivity contribution in [1.82, 2.24) is 5.32 Å². The Morgan fingerprint density at radius 2 is 1.82 bits per heavy atom. The standard InChI is InChI=1S/C38H41F4N3O5/c1-17(46)19-12-26-30(14-19)50-45-32(26)20-11-21-16-37(2,3)49-34(21)27(13-20)35(47)44-33-24-8-7-23(25(24)10-18-4-5-18)31(33)36(48)43-22-6-9-29(39)28(15-22)38(40,41)42/h6,9-11,13,15,17-19,23-24,26,30-31,33,46H,4-5,7-8,12,14,16H2,1-3H3,(H,43,48)(H,44,47)/b25-10-/t17?,19?,23-,24+,26?,30?,31-,33+/m0/s1. The summed E-state index contributed by atoms with van der Waals surface area (Å²) in [4.78, 5) is 34.2. The predicted octanol–water partition coefficient (Wildman–Crippen LogP) is 6.80. The van der Waals surface area contributed by atoms with Crippen LogP contribution in [0.3, 0.4) is 0 Å². The molecule has 50 heavy (non-hydrogen) atoms. The third kappa shape index (κ3) is 5.86. The van der Waals surface area contributed by atoms with Crippen LogP contribution >= 0.6 is 0 Å². The van der Waals surface area contributed by atoms with Crippen molar-refractivity contribution in [3.63, 3.8) is 0 Å². The predicted molar refractivity (Wildman–Crippen MR) is 176 cm³/mol. The first kappa shape index (κ1) is 33.2. The first-order chi connectivity index (χ1) is 23.7. The van der Waals surface area contributed by atoms with Crippen LogP contribution in [0.15, 0.2) is 47.1 Å². The number of aliphatic hydroxyl groups is 1. The number of oxime groups is 1. The highest BCUT2D eigenvalue weighted by Crippen LogP contribution is 2.55. The van der Waals surface area contributed by atoms with Gasteiger partial charge in [0.25, 0.3) is 5.91 Å². The normalized spacial score (nSPS) is 31.9. The van der Waals surface area contributed by atoms with Gasteiger partial charge in [0.2, 0.25) is 5.91 Å². The van der Waals surface area contributed by atoms with Crippen LogP contribution in [0.2, 0.25) is 0 Å². The van der Waals surface area contributed by atoms with Crippen LogP contribution < -0.4 is 15.4 Å². The number of rotatable bonds is 7. The van der Waals surface area contributed by atoms with Crippen LogP contribution in [0.25, 0.3) is 0 Å². The Bertz CT molecular complexity index is 1820. The first-order valence-corrected chi connectivity index (χ1v) is 17.6. The summed E-state index contributed by atoms with van der Waals surface area (Å²) in [5, 5.41) is 20.5. The number of carbonyl (C=O) groups is 2. The highest BCUT2D eigenvalue weighted by molar-refractivity contribution is 6.07. The molecule has 0 radical (unpaired) electrons. The van der Waals surface area contributed by atoms with Crippen molar-refractivity contribution < 1.29 is 41.8 Å². The molecule has 4 saturated carbocycles. The average molecular weight is 696 g/mol. The Morgan fingerprint density at radius 1 is 1.06 bits per heavy atom. The molecule has 4 unspecified atom stereocenters. The van der Waals surface area contributed by atoms with Gasteiger partial charge in [-0.15, -0.1) is 0 Å². The van der Waals surface area contributed by atoms with Gasteiger partial charge in [0.05, 0.1) is 28.9 Å². The van der Waals surface area contributed by atoms with Crippen LogP contribution in [0.5, 0.6) is 5.75 Å². The Hall–Kier alpha value is -3.93. The zero-order valence-electron chi connectivity index (χ0n) is 28.1. The van der Waals surface area contributed by atoms with E-state index in [1.807, 2.05) is 19.9 Å². The number of ether oxygens (including phenoxy) is 1. The fourth-order valence-electron chi connectivity index (χ4n) is 9.16. The lowest BCUT2D eigenvalue weighted by molar-refractivity contribution is -0.140. The molecule has 266 valence electrons. The van der Waals surface area contributed by atoms with Crippen LogP contribution in [-0.4, -0.2) is 46.5 Å². The third-order valence-electron chi connectivity index (χ3n) is 11.7. The number of halogens is 4. The molecule has 2 heterocycles. The number of allylic oxidation sites excluding steroid dienone is 1. The number of amides is 2. The molecule has 0 aromatic heterocycles. The Kier molecular flexibility index (Phi) is 7.85. The molecule has 3 N–H and O–H groups in total. The molecule has 8 rings (SSSR count). The topological polar surface area (TPSA) is 109 Å². The minimum Gasteiger partial charge on any atom is -0.486 e. The van der Waals surface area contributed by atoms with Gasteiger partial charge >= 0.3 is 6.18 Å². The van der Waals surface area contributed by atoms with E-state index in [4.69, 9.17) is 9.57 Å². The summed E-state index contributed by atoms with van der Waals surface area (Å²) in [6.07, 6.45) is 2.31. The van der Waals surface area contributed by atoms with E-state index < -0.39 is 53.0 Å². The Morgan fingerprint density at radius 3 is 2.54 bits per heavy atom. The van der Waals surface area contributed by atoms with E-state index in [9.17, 15) is 32.3 Å². The van der Waals surface area contributed by atoms with Crippen molar-refractivity contribution in [2.75, 3.05) is 5.32 Å². The van der Waals surface area contributed by atoms with Crippen molar-refractivity contribution in [2.24, 2.45) is 40.7 Å². The van der Waals surface area contributed by atoms with E-state index in [2.05, 4.69) is 21.9 Å². The molecule has 0 saturated heterocycles. The van der Waals surface area contributed by atoms with Gasteiger partial charge in [-0.3, -0.25) is 9.59 Å². The second-order valence-electron chi connectivity index (χ2n) is 15.8. The van der Waals surface area contributed by atoms with Gasteiger partial charge in [0, 0.05) is 35.5 Å². The van der Waals surface area contributed by atoms with Gasteiger partial charge in [-0.1, -0.05) is 16.8 Å². The fraction of sp³-hybridized carbons (Fsp3) is 0.553. The van der Waals surface area contributed by atoms with Crippen molar-refractivity contribution in [3.05, 3.63) is 70.1 Å². The number of nitrogens with zero attached hydrogens (tertiary/aromatic N) is 1. The van der Waals surface area contributed by atoms with Crippen molar-refractivity contribution in [3.8, 4) is 5.75 Å². The summed E-state index contributed by atoms with van der Waals surface area (Å²) < 4.78 is 60.8. The second-order valence-corrected chi connectivity index (χ2v) is 15.8. The van der Waals surface area contributed by atoms with E-state index in [0.29, 0.717) is 42.2 Å². The molecule has 8 nitrogen and oxygen atoms in total. The maximum absolute atomic E-state index is 14.4. The lowest BCUT2D eigenvalue weighted by Crippen LogP contribution is -2.48. The molecule has 2 aromatic carbocycles. The molecule has 4 aliphatic carbocycles. The molecule has 2 aromatic rings. The monoisotopic (exact) mass is 695 g/mol. The number of hydrogen-bond donors (Lipinski definition) is 3. The van der Waals surface area contributed by atoms with Crippen LogP contribution in [0.4, 0.5) is 23.2 Å². The number of hydrogen-bond acceptors (Lipinski definition) is 6. The summed E-state index contributed by atoms with van der Waals surface area (Å²) in [7, 11) is 0. The Balaban J connectivity index is 1.11. The Labute approximate surface area is 287 Å². The van der Waals surface area contributed by atoms with Crippen molar-refractivity contribution >= 4 is 23.2 Å². The van der Waals surface area contributed by atoms with Crippen molar-refractivity contribution in [1.29, 1.82) is 0 Å². The van der Waals surface area contributed by atoms with Gasteiger partial charge in [0.15, 0.2) is 0 Å². The maximum atomic E-state index is 14.4. The van der Waals surface area contributed by atoms with E-state index in [1.54, 1.807) is 13.0 Å². The van der Waals surface area contributed by atoms with Gasteiger partial charge in [-0.05, 0) is 113 Å². The summed E-state index contributed by atoms with van der Waals surface area (Å²) >= 11 is 0. The number of benzene rings is 2. The number of aliphatic hydroxyl groups excluding tert-OH is 1. The van der Waals surface area contributed by atoms with Gasteiger partial charge in [-0.25, -0.2) is 4.39 Å². The number of anilines is 1. The van der Waals surface area contributed by atoms with Gasteiger partial charge < -0.3 is 25.3 Å². The molecule has 2 amide bonds. The highest BCUT2D eigenvalue weighted by atomic mass is 19.4. The molecule has 6 aliphatic rings. The molecule has 12 heteroatoms. The molecule has 2 aliphatic heterocycles. The first-order valence-electron chi connectivity index (χ1n) is 17.6. The third-order valence-corrected chi connectivity index (χ3v) is 11.7. The van der Waals surface area contributed by atoms with E-state index in [0.717, 1.165) is 60.6 Å².